The molecule has 5 heteroatoms. The van der Waals surface area contributed by atoms with Crippen molar-refractivity contribution in [3.63, 3.8) is 0 Å². The summed E-state index contributed by atoms with van der Waals surface area (Å²) in [6.07, 6.45) is -0.502. The number of nitrogens with one attached hydrogen (secondary N) is 1. The van der Waals surface area contributed by atoms with E-state index in [2.05, 4.69) is 53.9 Å². The minimum atomic E-state index is -0.575. The lowest BCUT2D eigenvalue weighted by atomic mass is 9.97. The maximum Gasteiger partial charge on any atom is 0.407 e. The number of hydrogen-bond donors (Lipinski definition) is 1. The van der Waals surface area contributed by atoms with Gasteiger partial charge in [-0.15, -0.1) is 0 Å². The van der Waals surface area contributed by atoms with E-state index in [0.29, 0.717) is 5.56 Å². The second kappa shape index (κ2) is 7.81. The van der Waals surface area contributed by atoms with Crippen molar-refractivity contribution >= 4 is 27.8 Å². The number of hydrogen-bond acceptors (Lipinski definition) is 3. The average Bonchev–Trinajstić information content (AvgIpc) is 3.01. The molecular formula is C26H25N3O2. The number of fused-ring (bicyclic) bond motifs is 2. The highest BCUT2D eigenvalue weighted by Gasteiger charge is 2.19. The van der Waals surface area contributed by atoms with Gasteiger partial charge < -0.3 is 14.6 Å². The Morgan fingerprint density at radius 3 is 2.55 bits per heavy atom. The number of benzene rings is 3. The lowest BCUT2D eigenvalue weighted by Crippen LogP contribution is -2.32. The number of nitrogens with zero attached hydrogens (tertiary/aromatic N) is 2. The highest BCUT2D eigenvalue weighted by molar-refractivity contribution is 5.99. The van der Waals surface area contributed by atoms with E-state index in [1.807, 2.05) is 50.6 Å². The molecule has 3 aromatic carbocycles. The topological polar surface area (TPSA) is 67.1 Å². The van der Waals surface area contributed by atoms with E-state index in [4.69, 9.17) is 4.74 Å². The summed E-state index contributed by atoms with van der Waals surface area (Å²) in [6.45, 7) is 5.67. The third-order valence-corrected chi connectivity index (χ3v) is 5.33. The van der Waals surface area contributed by atoms with Gasteiger partial charge in [-0.05, 0) is 48.7 Å². The fourth-order valence-electron chi connectivity index (χ4n) is 3.94. The number of nitriles is 1. The minimum Gasteiger partial charge on any atom is -0.444 e. The third kappa shape index (κ3) is 3.97. The van der Waals surface area contributed by atoms with E-state index in [0.717, 1.165) is 27.7 Å². The van der Waals surface area contributed by atoms with Gasteiger partial charge in [-0.3, -0.25) is 0 Å². The van der Waals surface area contributed by atoms with Crippen LogP contribution in [0.5, 0.6) is 0 Å². The first-order valence-corrected chi connectivity index (χ1v) is 10.2. The summed E-state index contributed by atoms with van der Waals surface area (Å²) in [5, 5.41) is 15.8. The van der Waals surface area contributed by atoms with Crippen LogP contribution >= 0.6 is 0 Å². The lowest BCUT2D eigenvalue weighted by molar-refractivity contribution is 0.0522. The number of amides is 1. The largest absolute Gasteiger partial charge is 0.444 e. The smallest absolute Gasteiger partial charge is 0.407 e. The zero-order valence-electron chi connectivity index (χ0n) is 18.2. The third-order valence-electron chi connectivity index (χ3n) is 5.33. The number of aryl methyl sites for hydroxylation is 1. The van der Waals surface area contributed by atoms with Crippen LogP contribution in [0.25, 0.3) is 32.8 Å². The molecule has 1 heterocycles. The fourth-order valence-corrected chi connectivity index (χ4v) is 3.94. The summed E-state index contributed by atoms with van der Waals surface area (Å²) in [5.41, 5.74) is 3.92. The van der Waals surface area contributed by atoms with Crippen LogP contribution in [0.3, 0.4) is 0 Å². The number of alkyl carbamates (subject to hydrolysis) is 1. The van der Waals surface area contributed by atoms with Crippen LogP contribution in [-0.2, 0) is 18.3 Å². The Bertz CT molecular complexity index is 1330. The summed E-state index contributed by atoms with van der Waals surface area (Å²) in [6, 6.07) is 23.0. The summed E-state index contributed by atoms with van der Waals surface area (Å²) < 4.78 is 7.29. The molecule has 0 radical (unpaired) electrons. The van der Waals surface area contributed by atoms with Crippen LogP contribution in [0.1, 0.15) is 32.0 Å². The molecule has 0 aliphatic rings. The van der Waals surface area contributed by atoms with Crippen LogP contribution in [0.15, 0.2) is 60.7 Å². The average molecular weight is 412 g/mol. The molecule has 31 heavy (non-hydrogen) atoms. The quantitative estimate of drug-likeness (QED) is 0.457. The van der Waals surface area contributed by atoms with E-state index >= 15 is 0 Å². The molecule has 0 atom stereocenters. The van der Waals surface area contributed by atoms with Gasteiger partial charge in [0.1, 0.15) is 11.7 Å². The number of aromatic nitrogens is 1. The zero-order valence-corrected chi connectivity index (χ0v) is 18.2. The minimum absolute atomic E-state index is 0.215. The molecule has 0 saturated heterocycles. The molecule has 0 fully saturated rings. The van der Waals surface area contributed by atoms with E-state index in [-0.39, 0.29) is 6.54 Å². The van der Waals surface area contributed by atoms with Crippen LogP contribution < -0.4 is 5.32 Å². The Balaban J connectivity index is 1.75. The predicted molar refractivity (Wildman–Crippen MR) is 124 cm³/mol. The Morgan fingerprint density at radius 2 is 1.81 bits per heavy atom. The van der Waals surface area contributed by atoms with Crippen LogP contribution in [0, 0.1) is 11.3 Å². The van der Waals surface area contributed by atoms with Gasteiger partial charge in [-0.25, -0.2) is 4.79 Å². The van der Waals surface area contributed by atoms with Gasteiger partial charge in [0.2, 0.25) is 0 Å². The summed E-state index contributed by atoms with van der Waals surface area (Å²) >= 11 is 0. The van der Waals surface area contributed by atoms with Gasteiger partial charge in [0, 0.05) is 18.0 Å². The molecule has 0 aliphatic carbocycles. The first-order chi connectivity index (χ1) is 14.8. The normalized spacial score (nSPS) is 11.5. The molecule has 4 rings (SSSR count). The van der Waals surface area contributed by atoms with E-state index in [9.17, 15) is 10.1 Å². The van der Waals surface area contributed by atoms with Gasteiger partial charge in [0.05, 0.1) is 17.8 Å². The molecule has 4 aromatic rings. The second-order valence-electron chi connectivity index (χ2n) is 8.61. The maximum atomic E-state index is 12.1. The Morgan fingerprint density at radius 1 is 1.06 bits per heavy atom. The Hall–Kier alpha value is -3.78. The molecule has 156 valence electrons. The van der Waals surface area contributed by atoms with Gasteiger partial charge in [0.15, 0.2) is 0 Å². The Labute approximate surface area is 181 Å². The molecule has 0 aliphatic heterocycles. The van der Waals surface area contributed by atoms with Crippen molar-refractivity contribution in [3.05, 3.63) is 71.9 Å². The standard InChI is InChI=1S/C26H25N3O2/c1-26(2,3)31-25(30)28-16-24-22(15-27)21-13-12-18(14-23(21)29(24)4)20-11-7-9-17-8-5-6-10-19(17)20/h5-14H,16H2,1-4H3,(H,28,30). The van der Waals surface area contributed by atoms with Crippen molar-refractivity contribution in [2.24, 2.45) is 7.05 Å². The van der Waals surface area contributed by atoms with Crippen molar-refractivity contribution in [2.45, 2.75) is 32.9 Å². The maximum absolute atomic E-state index is 12.1. The van der Waals surface area contributed by atoms with Crippen molar-refractivity contribution in [1.82, 2.24) is 9.88 Å². The molecule has 1 aromatic heterocycles. The monoisotopic (exact) mass is 411 g/mol. The molecule has 0 saturated carbocycles. The van der Waals surface area contributed by atoms with Gasteiger partial charge in [0.25, 0.3) is 0 Å². The number of ether oxygens (including phenoxy) is 1. The highest BCUT2D eigenvalue weighted by atomic mass is 16.6. The lowest BCUT2D eigenvalue weighted by Gasteiger charge is -2.19. The second-order valence-corrected chi connectivity index (χ2v) is 8.61. The predicted octanol–water partition coefficient (Wildman–Crippen LogP) is 5.89. The van der Waals surface area contributed by atoms with E-state index in [1.165, 1.54) is 10.8 Å². The summed E-state index contributed by atoms with van der Waals surface area (Å²) in [5.74, 6) is 0. The van der Waals surface area contributed by atoms with Gasteiger partial charge in [-0.1, -0.05) is 54.6 Å². The van der Waals surface area contributed by atoms with Crippen molar-refractivity contribution in [3.8, 4) is 17.2 Å². The molecule has 1 N–H and O–H groups in total. The SMILES string of the molecule is Cn1c(CNC(=O)OC(C)(C)C)c(C#N)c2ccc(-c3cccc4ccccc34)cc21. The van der Waals surface area contributed by atoms with Gasteiger partial charge >= 0.3 is 6.09 Å². The Kier molecular flexibility index (Phi) is 5.16. The van der Waals surface area contributed by atoms with E-state index < -0.39 is 11.7 Å². The molecule has 5 nitrogen and oxygen atoms in total. The molecule has 0 spiro atoms. The summed E-state index contributed by atoms with van der Waals surface area (Å²) in [4.78, 5) is 12.1. The number of carbonyl (C=O) groups is 1. The van der Waals surface area contributed by atoms with Crippen LogP contribution in [-0.4, -0.2) is 16.3 Å². The van der Waals surface area contributed by atoms with Crippen LogP contribution in [0.2, 0.25) is 0 Å². The van der Waals surface area contributed by atoms with Crippen molar-refractivity contribution in [1.29, 1.82) is 5.26 Å². The van der Waals surface area contributed by atoms with Crippen molar-refractivity contribution < 1.29 is 9.53 Å². The molecule has 1 amide bonds. The fraction of sp³-hybridized carbons (Fsp3) is 0.231. The van der Waals surface area contributed by atoms with E-state index in [1.54, 1.807) is 0 Å². The number of rotatable bonds is 3. The summed E-state index contributed by atoms with van der Waals surface area (Å²) in [7, 11) is 1.92. The first kappa shape index (κ1) is 20.5. The first-order valence-electron chi connectivity index (χ1n) is 10.2. The number of carbonyl (C=O) groups excluding carboxylic acids is 1. The van der Waals surface area contributed by atoms with Crippen LogP contribution in [0.4, 0.5) is 4.79 Å². The highest BCUT2D eigenvalue weighted by Crippen LogP contribution is 2.33. The van der Waals surface area contributed by atoms with Gasteiger partial charge in [-0.2, -0.15) is 5.26 Å². The van der Waals surface area contributed by atoms with Crippen molar-refractivity contribution in [2.75, 3.05) is 0 Å². The molecule has 0 bridgehead atoms. The molecule has 0 unspecified atom stereocenters. The molecular weight excluding hydrogens is 386 g/mol. The zero-order chi connectivity index (χ0) is 22.2.